The number of aliphatic hydroxyl groups excluding tert-OH is 1. The number of rotatable bonds is 8. The minimum Gasteiger partial charge on any atom is -0.489 e. The fourth-order valence-electron chi connectivity index (χ4n) is 2.36. The maximum absolute atomic E-state index is 13.2. The molecule has 0 spiro atoms. The third-order valence-electron chi connectivity index (χ3n) is 3.71. The van der Waals surface area contributed by atoms with Crippen LogP contribution in [0.2, 0.25) is 0 Å². The van der Waals surface area contributed by atoms with Crippen LogP contribution in [0.15, 0.2) is 53.5 Å². The Morgan fingerprint density at radius 3 is 2.46 bits per heavy atom. The monoisotopic (exact) mass is 505 g/mol. The first-order chi connectivity index (χ1) is 13.0. The molecule has 2 rings (SSSR count). The first-order valence-electron chi connectivity index (χ1n) is 8.86. The van der Waals surface area contributed by atoms with Gasteiger partial charge in [0.05, 0.1) is 19.2 Å². The van der Waals surface area contributed by atoms with Crippen LogP contribution in [-0.4, -0.2) is 36.8 Å². The van der Waals surface area contributed by atoms with E-state index in [1.165, 1.54) is 36.4 Å². The smallest absolute Gasteiger partial charge is 0.191 e. The predicted octanol–water partition coefficient (Wildman–Crippen LogP) is 3.64. The average Bonchev–Trinajstić information content (AvgIpc) is 2.64. The van der Waals surface area contributed by atoms with Gasteiger partial charge in [-0.1, -0.05) is 18.2 Å². The van der Waals surface area contributed by atoms with Crippen LogP contribution >= 0.6 is 24.0 Å². The number of hydrogen-bond acceptors (Lipinski definition) is 3. The second-order valence-electron chi connectivity index (χ2n) is 6.05. The van der Waals surface area contributed by atoms with Gasteiger partial charge in [-0.25, -0.2) is 8.78 Å². The third kappa shape index (κ3) is 8.39. The van der Waals surface area contributed by atoms with Crippen molar-refractivity contribution in [1.82, 2.24) is 10.6 Å². The molecular formula is C20H26F2IN3O2. The zero-order valence-corrected chi connectivity index (χ0v) is 18.2. The molecule has 0 aromatic heterocycles. The maximum atomic E-state index is 13.2. The van der Waals surface area contributed by atoms with Crippen molar-refractivity contribution < 1.29 is 18.6 Å². The molecule has 0 amide bonds. The minimum atomic E-state index is -0.831. The Labute approximate surface area is 181 Å². The summed E-state index contributed by atoms with van der Waals surface area (Å²) in [6.07, 6.45) is -1.06. The number of aliphatic imine (C=N–C) groups is 1. The van der Waals surface area contributed by atoms with Gasteiger partial charge in [0.1, 0.15) is 23.5 Å². The Kier molecular flexibility index (Phi) is 10.8. The Morgan fingerprint density at radius 2 is 1.82 bits per heavy atom. The van der Waals surface area contributed by atoms with E-state index in [1.807, 2.05) is 13.8 Å². The highest BCUT2D eigenvalue weighted by atomic mass is 127. The van der Waals surface area contributed by atoms with Crippen LogP contribution in [0.5, 0.6) is 5.75 Å². The molecule has 154 valence electrons. The van der Waals surface area contributed by atoms with Gasteiger partial charge in [-0.15, -0.1) is 24.0 Å². The predicted molar refractivity (Wildman–Crippen MR) is 117 cm³/mol. The molecule has 2 unspecified atom stereocenters. The molecule has 0 saturated heterocycles. The third-order valence-corrected chi connectivity index (χ3v) is 3.71. The number of aliphatic hydroxyl groups is 1. The maximum Gasteiger partial charge on any atom is 0.191 e. The first-order valence-corrected chi connectivity index (χ1v) is 8.86. The molecule has 8 heteroatoms. The van der Waals surface area contributed by atoms with Crippen LogP contribution in [-0.2, 0) is 0 Å². The van der Waals surface area contributed by atoms with Crippen LogP contribution < -0.4 is 15.4 Å². The molecule has 0 aliphatic heterocycles. The number of guanidine groups is 1. The summed E-state index contributed by atoms with van der Waals surface area (Å²) in [6, 6.07) is 11.6. The molecule has 28 heavy (non-hydrogen) atoms. The molecule has 2 aromatic rings. The van der Waals surface area contributed by atoms with Gasteiger partial charge in [-0.2, -0.15) is 0 Å². The number of nitrogens with zero attached hydrogens (tertiary/aromatic N) is 1. The number of halogens is 3. The van der Waals surface area contributed by atoms with Crippen molar-refractivity contribution in [2.45, 2.75) is 26.1 Å². The van der Waals surface area contributed by atoms with Crippen molar-refractivity contribution in [3.63, 3.8) is 0 Å². The Bertz CT molecular complexity index is 744. The van der Waals surface area contributed by atoms with E-state index in [4.69, 9.17) is 4.74 Å². The summed E-state index contributed by atoms with van der Waals surface area (Å²) in [5.74, 6) is 0.278. The summed E-state index contributed by atoms with van der Waals surface area (Å²) in [4.78, 5) is 4.34. The van der Waals surface area contributed by atoms with Crippen LogP contribution in [0.25, 0.3) is 0 Å². The topological polar surface area (TPSA) is 65.9 Å². The van der Waals surface area contributed by atoms with Gasteiger partial charge >= 0.3 is 0 Å². The van der Waals surface area contributed by atoms with Gasteiger partial charge in [0.25, 0.3) is 0 Å². The number of hydrogen-bond donors (Lipinski definition) is 3. The van der Waals surface area contributed by atoms with Gasteiger partial charge in [0.15, 0.2) is 5.96 Å². The van der Waals surface area contributed by atoms with E-state index in [1.54, 1.807) is 12.1 Å². The molecular weight excluding hydrogens is 479 g/mol. The van der Waals surface area contributed by atoms with E-state index in [0.29, 0.717) is 30.4 Å². The van der Waals surface area contributed by atoms with Gasteiger partial charge in [-0.05, 0) is 43.7 Å². The minimum absolute atomic E-state index is 0. The Hall–Kier alpha value is -1.94. The number of benzene rings is 2. The molecule has 0 heterocycles. The van der Waals surface area contributed by atoms with Gasteiger partial charge in [-0.3, -0.25) is 4.99 Å². The summed E-state index contributed by atoms with van der Waals surface area (Å²) in [5.41, 5.74) is 0.596. The second kappa shape index (κ2) is 12.5. The average molecular weight is 505 g/mol. The second-order valence-corrected chi connectivity index (χ2v) is 6.05. The number of nitrogens with one attached hydrogen (secondary N) is 2. The summed E-state index contributed by atoms with van der Waals surface area (Å²) >= 11 is 0. The molecule has 0 aliphatic carbocycles. The van der Waals surface area contributed by atoms with Crippen LogP contribution in [0.3, 0.4) is 0 Å². The van der Waals surface area contributed by atoms with Crippen molar-refractivity contribution in [3.8, 4) is 5.75 Å². The van der Waals surface area contributed by atoms with Gasteiger partial charge < -0.3 is 20.5 Å². The van der Waals surface area contributed by atoms with E-state index in [-0.39, 0.29) is 48.3 Å². The largest absolute Gasteiger partial charge is 0.489 e. The highest BCUT2D eigenvalue weighted by Crippen LogP contribution is 2.14. The fourth-order valence-corrected chi connectivity index (χ4v) is 2.36. The molecule has 2 aromatic carbocycles. The lowest BCUT2D eigenvalue weighted by Crippen LogP contribution is -2.42. The molecule has 0 bridgehead atoms. The first kappa shape index (κ1) is 24.1. The molecule has 5 nitrogen and oxygen atoms in total. The summed E-state index contributed by atoms with van der Waals surface area (Å²) in [6.45, 7) is 5.00. The molecule has 0 fully saturated rings. The quantitative estimate of drug-likeness (QED) is 0.291. The fraction of sp³-hybridized carbons (Fsp3) is 0.350. The lowest BCUT2D eigenvalue weighted by atomic mass is 10.1. The van der Waals surface area contributed by atoms with Crippen LogP contribution in [0, 0.1) is 11.6 Å². The Balaban J connectivity index is 0.00000392. The summed E-state index contributed by atoms with van der Waals surface area (Å²) in [5, 5.41) is 16.4. The van der Waals surface area contributed by atoms with E-state index in [9.17, 15) is 13.9 Å². The van der Waals surface area contributed by atoms with Crippen molar-refractivity contribution in [2.24, 2.45) is 4.99 Å². The van der Waals surface area contributed by atoms with Crippen LogP contribution in [0.1, 0.15) is 25.5 Å². The molecule has 0 saturated carbocycles. The van der Waals surface area contributed by atoms with E-state index in [0.717, 1.165) is 0 Å². The lowest BCUT2D eigenvalue weighted by molar-refractivity contribution is 0.187. The molecule has 3 N–H and O–H groups in total. The highest BCUT2D eigenvalue weighted by molar-refractivity contribution is 14.0. The number of ether oxygens (including phenoxy) is 1. The SMILES string of the molecule is CCNC(=NCC(O)c1ccc(F)cc1)NCC(C)Oc1cccc(F)c1.I. The van der Waals surface area contributed by atoms with E-state index >= 15 is 0 Å². The van der Waals surface area contributed by atoms with Crippen molar-refractivity contribution >= 4 is 29.9 Å². The zero-order valence-electron chi connectivity index (χ0n) is 15.9. The standard InChI is InChI=1S/C20H25F2N3O2.HI/c1-3-23-20(25-13-19(26)15-7-9-16(21)10-8-15)24-12-14(2)27-18-6-4-5-17(22)11-18;/h4-11,14,19,26H,3,12-13H2,1-2H3,(H2,23,24,25);1H. The zero-order chi connectivity index (χ0) is 19.6. The highest BCUT2D eigenvalue weighted by Gasteiger charge is 2.09. The van der Waals surface area contributed by atoms with Crippen molar-refractivity contribution in [2.75, 3.05) is 19.6 Å². The Morgan fingerprint density at radius 1 is 1.11 bits per heavy atom. The van der Waals surface area contributed by atoms with Gasteiger partial charge in [0, 0.05) is 12.6 Å². The van der Waals surface area contributed by atoms with Gasteiger partial charge in [0.2, 0.25) is 0 Å². The van der Waals surface area contributed by atoms with E-state index < -0.39 is 6.10 Å². The summed E-state index contributed by atoms with van der Waals surface area (Å²) < 4.78 is 31.8. The molecule has 0 aliphatic rings. The normalized spacial score (nSPS) is 13.2. The lowest BCUT2D eigenvalue weighted by Gasteiger charge is -2.18. The molecule has 0 radical (unpaired) electrons. The van der Waals surface area contributed by atoms with E-state index in [2.05, 4.69) is 15.6 Å². The summed E-state index contributed by atoms with van der Waals surface area (Å²) in [7, 11) is 0. The molecule has 2 atom stereocenters. The van der Waals surface area contributed by atoms with Crippen molar-refractivity contribution in [1.29, 1.82) is 0 Å². The van der Waals surface area contributed by atoms with Crippen LogP contribution in [0.4, 0.5) is 8.78 Å². The van der Waals surface area contributed by atoms with Crippen molar-refractivity contribution in [3.05, 3.63) is 65.7 Å².